The molecule has 1 aromatic heterocycles. The molecule has 4 aliphatic carbocycles. The zero-order chi connectivity index (χ0) is 14.6. The third-order valence-electron chi connectivity index (χ3n) is 5.15. The van der Waals surface area contributed by atoms with Gasteiger partial charge in [0.05, 0.1) is 10.0 Å². The minimum atomic E-state index is 0.244. The third kappa shape index (κ3) is 2.54. The van der Waals surface area contributed by atoms with Crippen LogP contribution in [0.1, 0.15) is 32.1 Å². The largest absolute Gasteiger partial charge is 0.260 e. The first kappa shape index (κ1) is 14.1. The van der Waals surface area contributed by atoms with Gasteiger partial charge in [-0.05, 0) is 61.8 Å². The highest BCUT2D eigenvalue weighted by Crippen LogP contribution is 2.52. The average molecular weight is 345 g/mol. The summed E-state index contributed by atoms with van der Waals surface area (Å²) in [6.07, 6.45) is 6.64. The van der Waals surface area contributed by atoms with Crippen LogP contribution >= 0.6 is 34.8 Å². The molecule has 4 fully saturated rings. The average Bonchev–Trinajstić information content (AvgIpc) is 2.42. The Hall–Kier alpha value is -0.510. The summed E-state index contributed by atoms with van der Waals surface area (Å²) in [6.45, 7) is 0. The van der Waals surface area contributed by atoms with Crippen LogP contribution in [0.4, 0.5) is 5.82 Å². The van der Waals surface area contributed by atoms with Gasteiger partial charge >= 0.3 is 0 Å². The molecular weight excluding hydrogens is 329 g/mol. The van der Waals surface area contributed by atoms with Gasteiger partial charge in [-0.15, -0.1) is 0 Å². The van der Waals surface area contributed by atoms with Crippen LogP contribution in [-0.4, -0.2) is 10.7 Å². The van der Waals surface area contributed by atoms with E-state index >= 15 is 0 Å². The minimum Gasteiger partial charge on any atom is -0.260 e. The fraction of sp³-hybridized carbons (Fsp3) is 0.600. The van der Waals surface area contributed by atoms with Gasteiger partial charge in [0, 0.05) is 5.71 Å². The standard InChI is InChI=1S/C15H16Cl3N3/c16-11-6-12(17)15(19-14(11)18)21-20-13-9-2-7-1-8(4-9)5-10(13)3-7/h6-10H,1-5H2,(H,19,21). The lowest BCUT2D eigenvalue weighted by Crippen LogP contribution is -2.45. The highest BCUT2D eigenvalue weighted by Gasteiger charge is 2.46. The van der Waals surface area contributed by atoms with Crippen LogP contribution in [0.5, 0.6) is 0 Å². The van der Waals surface area contributed by atoms with E-state index in [4.69, 9.17) is 34.8 Å². The molecule has 5 rings (SSSR count). The number of nitrogens with zero attached hydrogens (tertiary/aromatic N) is 2. The Morgan fingerprint density at radius 1 is 0.952 bits per heavy atom. The highest BCUT2D eigenvalue weighted by molar-refractivity contribution is 6.42. The predicted octanol–water partition coefficient (Wildman–Crippen LogP) is 5.27. The number of pyridine rings is 1. The third-order valence-corrected chi connectivity index (χ3v) is 6.11. The molecule has 1 N–H and O–H groups in total. The zero-order valence-corrected chi connectivity index (χ0v) is 13.7. The molecule has 0 aliphatic heterocycles. The molecule has 112 valence electrons. The van der Waals surface area contributed by atoms with Crippen molar-refractivity contribution in [2.45, 2.75) is 32.1 Å². The number of anilines is 1. The van der Waals surface area contributed by atoms with E-state index in [9.17, 15) is 0 Å². The lowest BCUT2D eigenvalue weighted by molar-refractivity contribution is 0.108. The predicted molar refractivity (Wildman–Crippen MR) is 87.4 cm³/mol. The van der Waals surface area contributed by atoms with E-state index in [1.165, 1.54) is 37.8 Å². The molecule has 1 aromatic rings. The van der Waals surface area contributed by atoms with Crippen molar-refractivity contribution < 1.29 is 0 Å². The first-order chi connectivity index (χ1) is 10.1. The van der Waals surface area contributed by atoms with Gasteiger partial charge in [0.1, 0.15) is 5.15 Å². The van der Waals surface area contributed by atoms with E-state index in [2.05, 4.69) is 15.5 Å². The van der Waals surface area contributed by atoms with Gasteiger partial charge in [0.15, 0.2) is 5.82 Å². The molecule has 4 bridgehead atoms. The molecule has 4 saturated carbocycles. The number of rotatable bonds is 2. The molecule has 0 aromatic carbocycles. The highest BCUT2D eigenvalue weighted by atomic mass is 35.5. The SMILES string of the molecule is Clc1cc(Cl)c(NN=C2C3CC4CC(C3)CC2C4)nc1Cl. The second-order valence-corrected chi connectivity index (χ2v) is 7.72. The molecule has 0 atom stereocenters. The van der Waals surface area contributed by atoms with E-state index in [1.807, 2.05) is 0 Å². The number of halogens is 3. The monoisotopic (exact) mass is 343 g/mol. The summed E-state index contributed by atoms with van der Waals surface area (Å²) in [5.41, 5.74) is 4.32. The van der Waals surface area contributed by atoms with E-state index in [-0.39, 0.29) is 5.15 Å². The summed E-state index contributed by atoms with van der Waals surface area (Å²) < 4.78 is 0. The van der Waals surface area contributed by atoms with Gasteiger partial charge < -0.3 is 0 Å². The van der Waals surface area contributed by atoms with Gasteiger partial charge in [-0.2, -0.15) is 5.10 Å². The van der Waals surface area contributed by atoms with Crippen molar-refractivity contribution in [3.63, 3.8) is 0 Å². The quantitative estimate of drug-likeness (QED) is 0.586. The van der Waals surface area contributed by atoms with Gasteiger partial charge in [-0.25, -0.2) is 4.98 Å². The first-order valence-electron chi connectivity index (χ1n) is 7.45. The maximum Gasteiger partial charge on any atom is 0.166 e. The van der Waals surface area contributed by atoms with Crippen LogP contribution in [0.15, 0.2) is 11.2 Å². The molecule has 0 amide bonds. The lowest BCUT2D eigenvalue weighted by Gasteiger charge is -2.50. The van der Waals surface area contributed by atoms with Gasteiger partial charge in [0.25, 0.3) is 0 Å². The first-order valence-corrected chi connectivity index (χ1v) is 8.58. The molecule has 3 nitrogen and oxygen atoms in total. The van der Waals surface area contributed by atoms with E-state index in [0.29, 0.717) is 27.7 Å². The van der Waals surface area contributed by atoms with Crippen molar-refractivity contribution in [2.75, 3.05) is 5.43 Å². The molecule has 0 spiro atoms. The molecule has 4 aliphatic rings. The van der Waals surface area contributed by atoms with Crippen molar-refractivity contribution in [3.05, 3.63) is 21.3 Å². The molecule has 6 heteroatoms. The summed E-state index contributed by atoms with van der Waals surface area (Å²) in [7, 11) is 0. The maximum atomic E-state index is 6.13. The van der Waals surface area contributed by atoms with Crippen LogP contribution in [0.25, 0.3) is 0 Å². The summed E-state index contributed by atoms with van der Waals surface area (Å²) in [5, 5.41) is 5.69. The maximum absolute atomic E-state index is 6.13. The van der Waals surface area contributed by atoms with Crippen LogP contribution in [0, 0.1) is 23.7 Å². The van der Waals surface area contributed by atoms with Crippen molar-refractivity contribution in [1.82, 2.24) is 4.98 Å². The normalized spacial score (nSPS) is 33.4. The minimum absolute atomic E-state index is 0.244. The topological polar surface area (TPSA) is 37.3 Å². The number of hydrogen-bond donors (Lipinski definition) is 1. The van der Waals surface area contributed by atoms with Crippen LogP contribution < -0.4 is 5.43 Å². The second-order valence-electron chi connectivity index (χ2n) is 6.54. The zero-order valence-electron chi connectivity index (χ0n) is 11.5. The fourth-order valence-electron chi connectivity index (χ4n) is 4.49. The van der Waals surface area contributed by atoms with Gasteiger partial charge in [0.2, 0.25) is 0 Å². The van der Waals surface area contributed by atoms with Crippen molar-refractivity contribution in [3.8, 4) is 0 Å². The molecular formula is C15H16Cl3N3. The van der Waals surface area contributed by atoms with Crippen LogP contribution in [-0.2, 0) is 0 Å². The number of nitrogens with one attached hydrogen (secondary N) is 1. The molecule has 0 saturated heterocycles. The van der Waals surface area contributed by atoms with Gasteiger partial charge in [-0.3, -0.25) is 5.43 Å². The Balaban J connectivity index is 1.57. The number of aromatic nitrogens is 1. The Kier molecular flexibility index (Phi) is 3.55. The van der Waals surface area contributed by atoms with Crippen LogP contribution in [0.3, 0.4) is 0 Å². The fourth-order valence-corrected chi connectivity index (χ4v) is 5.03. The Labute approximate surface area is 139 Å². The van der Waals surface area contributed by atoms with Crippen molar-refractivity contribution in [1.29, 1.82) is 0 Å². The molecule has 0 unspecified atom stereocenters. The summed E-state index contributed by atoms with van der Waals surface area (Å²) in [4.78, 5) is 4.16. The summed E-state index contributed by atoms with van der Waals surface area (Å²) >= 11 is 18.0. The molecule has 1 heterocycles. The Morgan fingerprint density at radius 2 is 1.57 bits per heavy atom. The van der Waals surface area contributed by atoms with E-state index in [0.717, 1.165) is 11.8 Å². The van der Waals surface area contributed by atoms with E-state index in [1.54, 1.807) is 6.07 Å². The second kappa shape index (κ2) is 5.29. The van der Waals surface area contributed by atoms with Crippen molar-refractivity contribution in [2.24, 2.45) is 28.8 Å². The summed E-state index contributed by atoms with van der Waals surface area (Å²) in [5.74, 6) is 3.63. The lowest BCUT2D eigenvalue weighted by atomic mass is 9.55. The Bertz CT molecular complexity index is 584. The number of hydrazone groups is 1. The smallest absolute Gasteiger partial charge is 0.166 e. The number of hydrogen-bond acceptors (Lipinski definition) is 3. The Morgan fingerprint density at radius 3 is 2.19 bits per heavy atom. The molecule has 0 radical (unpaired) electrons. The van der Waals surface area contributed by atoms with Crippen molar-refractivity contribution >= 4 is 46.3 Å². The van der Waals surface area contributed by atoms with E-state index < -0.39 is 0 Å². The summed E-state index contributed by atoms with van der Waals surface area (Å²) in [6, 6.07) is 1.60. The van der Waals surface area contributed by atoms with Crippen LogP contribution in [0.2, 0.25) is 15.2 Å². The molecule has 21 heavy (non-hydrogen) atoms. The van der Waals surface area contributed by atoms with Gasteiger partial charge in [-0.1, -0.05) is 34.8 Å².